The lowest BCUT2D eigenvalue weighted by molar-refractivity contribution is 0.0688. The smallest absolute Gasteiger partial charge is 0.360 e. The van der Waals surface area contributed by atoms with Crippen molar-refractivity contribution in [2.24, 2.45) is 0 Å². The average Bonchev–Trinajstić information content (AvgIpc) is 2.19. The van der Waals surface area contributed by atoms with Gasteiger partial charge in [0.2, 0.25) is 11.1 Å². The van der Waals surface area contributed by atoms with Gasteiger partial charge in [-0.3, -0.25) is 9.89 Å². The highest BCUT2D eigenvalue weighted by atomic mass is 79.9. The summed E-state index contributed by atoms with van der Waals surface area (Å²) in [6.45, 7) is 1.82. The lowest BCUT2D eigenvalue weighted by Crippen LogP contribution is -2.18. The van der Waals surface area contributed by atoms with Gasteiger partial charge in [0.25, 0.3) is 0 Å². The van der Waals surface area contributed by atoms with Gasteiger partial charge in [-0.1, -0.05) is 0 Å². The van der Waals surface area contributed by atoms with E-state index in [1.54, 1.807) is 6.07 Å². The maximum Gasteiger partial charge on any atom is 0.360 e. The van der Waals surface area contributed by atoms with Gasteiger partial charge in [-0.05, 0) is 40.5 Å². The zero-order valence-electron chi connectivity index (χ0n) is 8.24. The van der Waals surface area contributed by atoms with E-state index in [-0.39, 0.29) is 0 Å². The van der Waals surface area contributed by atoms with Crippen molar-refractivity contribution in [1.29, 1.82) is 0 Å². The fourth-order valence-corrected chi connectivity index (χ4v) is 2.13. The van der Waals surface area contributed by atoms with Crippen LogP contribution < -0.4 is 5.43 Å². The maximum absolute atomic E-state index is 11.8. The SMILES string of the molecule is Cc1cc(Br)c2[nH]nc(C(=O)O)c(=O)c2c1. The molecule has 1 aromatic heterocycles. The number of aryl methyl sites for hydroxylation is 1. The second-order valence-corrected chi connectivity index (χ2v) is 4.23. The Morgan fingerprint density at radius 3 is 2.81 bits per heavy atom. The molecule has 16 heavy (non-hydrogen) atoms. The quantitative estimate of drug-likeness (QED) is 0.834. The van der Waals surface area contributed by atoms with Gasteiger partial charge in [-0.25, -0.2) is 4.79 Å². The molecule has 6 heteroatoms. The molecule has 0 atom stereocenters. The molecular weight excluding hydrogens is 276 g/mol. The Morgan fingerprint density at radius 2 is 2.19 bits per heavy atom. The van der Waals surface area contributed by atoms with Crippen molar-refractivity contribution < 1.29 is 9.90 Å². The van der Waals surface area contributed by atoms with Crippen LogP contribution in [0.3, 0.4) is 0 Å². The number of halogens is 1. The third kappa shape index (κ3) is 1.61. The Bertz CT molecular complexity index is 648. The monoisotopic (exact) mass is 282 g/mol. The van der Waals surface area contributed by atoms with E-state index in [1.165, 1.54) is 0 Å². The second-order valence-electron chi connectivity index (χ2n) is 3.38. The summed E-state index contributed by atoms with van der Waals surface area (Å²) in [6, 6.07) is 3.45. The number of aromatic nitrogens is 2. The number of rotatable bonds is 1. The van der Waals surface area contributed by atoms with E-state index >= 15 is 0 Å². The van der Waals surface area contributed by atoms with Crippen LogP contribution in [-0.2, 0) is 0 Å². The molecule has 0 amide bonds. The maximum atomic E-state index is 11.8. The number of aromatic amines is 1. The average molecular weight is 283 g/mol. The highest BCUT2D eigenvalue weighted by molar-refractivity contribution is 9.10. The normalized spacial score (nSPS) is 10.6. The summed E-state index contributed by atoms with van der Waals surface area (Å²) in [5, 5.41) is 15.2. The van der Waals surface area contributed by atoms with Crippen LogP contribution in [0.5, 0.6) is 0 Å². The minimum atomic E-state index is -1.33. The molecule has 82 valence electrons. The molecule has 0 fully saturated rings. The molecule has 0 aliphatic rings. The van der Waals surface area contributed by atoms with E-state index in [2.05, 4.69) is 26.1 Å². The van der Waals surface area contributed by atoms with Crippen LogP contribution >= 0.6 is 15.9 Å². The standard InChI is InChI=1S/C10H7BrN2O3/c1-4-2-5-7(6(11)3-4)12-13-8(9(5)14)10(15)16/h2-3H,1H3,(H,12,14)(H,15,16). The van der Waals surface area contributed by atoms with Crippen molar-refractivity contribution in [3.63, 3.8) is 0 Å². The molecule has 0 radical (unpaired) electrons. The summed E-state index contributed by atoms with van der Waals surface area (Å²) in [5.41, 5.74) is 0.295. The summed E-state index contributed by atoms with van der Waals surface area (Å²) in [4.78, 5) is 22.5. The van der Waals surface area contributed by atoms with Gasteiger partial charge in [-0.15, -0.1) is 0 Å². The number of fused-ring (bicyclic) bond motifs is 1. The topological polar surface area (TPSA) is 83.1 Å². The molecule has 0 spiro atoms. The first-order valence-electron chi connectivity index (χ1n) is 4.42. The minimum absolute atomic E-state index is 0.319. The predicted octanol–water partition coefficient (Wildman–Crippen LogP) is 1.69. The number of carboxylic acid groups (broad SMARTS) is 1. The molecule has 5 nitrogen and oxygen atoms in total. The number of benzene rings is 1. The van der Waals surface area contributed by atoms with Crippen molar-refractivity contribution in [2.45, 2.75) is 6.92 Å². The Hall–Kier alpha value is -1.69. The van der Waals surface area contributed by atoms with Crippen LogP contribution in [0.2, 0.25) is 0 Å². The number of carbonyl (C=O) groups is 1. The lowest BCUT2D eigenvalue weighted by atomic mass is 10.1. The Kier molecular flexibility index (Phi) is 2.51. The van der Waals surface area contributed by atoms with Gasteiger partial charge in [0.15, 0.2) is 0 Å². The lowest BCUT2D eigenvalue weighted by Gasteiger charge is -2.02. The molecule has 0 aliphatic heterocycles. The third-order valence-corrected chi connectivity index (χ3v) is 2.80. The predicted molar refractivity (Wildman–Crippen MR) is 61.8 cm³/mol. The largest absolute Gasteiger partial charge is 0.476 e. The number of nitrogens with one attached hydrogen (secondary N) is 1. The third-order valence-electron chi connectivity index (χ3n) is 2.18. The van der Waals surface area contributed by atoms with E-state index in [0.29, 0.717) is 15.4 Å². The number of aromatic carboxylic acids is 1. The molecule has 2 N–H and O–H groups in total. The minimum Gasteiger partial charge on any atom is -0.476 e. The van der Waals surface area contributed by atoms with Gasteiger partial charge in [0.1, 0.15) is 0 Å². The van der Waals surface area contributed by atoms with Gasteiger partial charge in [0.05, 0.1) is 10.9 Å². The Balaban J connectivity index is 2.95. The fourth-order valence-electron chi connectivity index (χ4n) is 1.47. The summed E-state index contributed by atoms with van der Waals surface area (Å²) in [5.74, 6) is -1.33. The number of hydrogen-bond donors (Lipinski definition) is 2. The van der Waals surface area contributed by atoms with Gasteiger partial charge >= 0.3 is 5.97 Å². The summed E-state index contributed by atoms with van der Waals surface area (Å²) >= 11 is 3.29. The molecule has 1 heterocycles. The molecule has 2 aromatic rings. The van der Waals surface area contributed by atoms with E-state index in [9.17, 15) is 9.59 Å². The highest BCUT2D eigenvalue weighted by Gasteiger charge is 2.14. The molecule has 2 rings (SSSR count). The van der Waals surface area contributed by atoms with Gasteiger partial charge < -0.3 is 5.11 Å². The molecule has 0 saturated carbocycles. The van der Waals surface area contributed by atoms with Crippen LogP contribution in [0.15, 0.2) is 21.4 Å². The van der Waals surface area contributed by atoms with Crippen LogP contribution in [0, 0.1) is 6.92 Å². The summed E-state index contributed by atoms with van der Waals surface area (Å²) in [6.07, 6.45) is 0. The van der Waals surface area contributed by atoms with E-state index in [0.717, 1.165) is 5.56 Å². The van der Waals surface area contributed by atoms with Crippen molar-refractivity contribution in [1.82, 2.24) is 10.2 Å². The zero-order chi connectivity index (χ0) is 11.9. The van der Waals surface area contributed by atoms with E-state index in [1.807, 2.05) is 13.0 Å². The first-order valence-corrected chi connectivity index (χ1v) is 5.22. The highest BCUT2D eigenvalue weighted by Crippen LogP contribution is 2.21. The number of carboxylic acids is 1. The van der Waals surface area contributed by atoms with Crippen LogP contribution in [0.25, 0.3) is 10.9 Å². The summed E-state index contributed by atoms with van der Waals surface area (Å²) in [7, 11) is 0. The van der Waals surface area contributed by atoms with E-state index < -0.39 is 17.1 Å². The second kappa shape index (κ2) is 3.71. The van der Waals surface area contributed by atoms with Crippen LogP contribution in [0.1, 0.15) is 16.1 Å². The van der Waals surface area contributed by atoms with Crippen LogP contribution in [0.4, 0.5) is 0 Å². The van der Waals surface area contributed by atoms with Crippen molar-refractivity contribution >= 4 is 32.8 Å². The number of hydrogen-bond acceptors (Lipinski definition) is 3. The summed E-state index contributed by atoms with van der Waals surface area (Å²) < 4.78 is 0.684. The molecule has 0 aliphatic carbocycles. The van der Waals surface area contributed by atoms with Crippen molar-refractivity contribution in [3.05, 3.63) is 38.1 Å². The Morgan fingerprint density at radius 1 is 1.50 bits per heavy atom. The van der Waals surface area contributed by atoms with E-state index in [4.69, 9.17) is 5.11 Å². The number of H-pyrrole nitrogens is 1. The molecule has 0 bridgehead atoms. The zero-order valence-corrected chi connectivity index (χ0v) is 9.83. The fraction of sp³-hybridized carbons (Fsp3) is 0.100. The molecule has 0 saturated heterocycles. The first kappa shape index (κ1) is 10.8. The van der Waals surface area contributed by atoms with Crippen LogP contribution in [-0.4, -0.2) is 21.3 Å². The molecular formula is C10H7BrN2O3. The van der Waals surface area contributed by atoms with Crippen molar-refractivity contribution in [2.75, 3.05) is 0 Å². The van der Waals surface area contributed by atoms with Crippen molar-refractivity contribution in [3.8, 4) is 0 Å². The van der Waals surface area contributed by atoms with Gasteiger partial charge in [-0.2, -0.15) is 5.10 Å². The van der Waals surface area contributed by atoms with Gasteiger partial charge in [0, 0.05) is 4.47 Å². The molecule has 0 unspecified atom stereocenters. The molecule has 1 aromatic carbocycles. The Labute approximate surface area is 98.2 Å². The number of nitrogens with zero attached hydrogens (tertiary/aromatic N) is 1. The first-order chi connectivity index (χ1) is 7.50.